The molecule has 0 unspecified atom stereocenters. The topological polar surface area (TPSA) is 22.1 Å². The third-order valence-electron chi connectivity index (χ3n) is 1.30. The van der Waals surface area contributed by atoms with Crippen molar-refractivity contribution in [3.8, 4) is 5.88 Å². The number of aromatic nitrogens is 1. The second kappa shape index (κ2) is 3.67. The number of methoxy groups -OCH3 is 1. The molecule has 0 aliphatic rings. The fraction of sp³-hybridized carbons (Fsp3) is 0.286. The van der Waals surface area contributed by atoms with Crippen molar-refractivity contribution < 1.29 is 13.5 Å². The van der Waals surface area contributed by atoms with Gasteiger partial charge in [0.1, 0.15) is 5.15 Å². The van der Waals surface area contributed by atoms with Crippen LogP contribution in [-0.4, -0.2) is 12.1 Å². The summed E-state index contributed by atoms with van der Waals surface area (Å²) in [7, 11) is 1.39. The van der Waals surface area contributed by atoms with E-state index in [1.165, 1.54) is 19.2 Å². The SMILES string of the molecule is COc1ccc(C(F)F)c(Cl)n1. The first-order valence-electron chi connectivity index (χ1n) is 3.13. The third-order valence-corrected chi connectivity index (χ3v) is 1.60. The van der Waals surface area contributed by atoms with Gasteiger partial charge >= 0.3 is 0 Å². The molecule has 0 saturated carbocycles. The highest BCUT2D eigenvalue weighted by Crippen LogP contribution is 2.26. The summed E-state index contributed by atoms with van der Waals surface area (Å²) in [5.41, 5.74) is -0.280. The van der Waals surface area contributed by atoms with Gasteiger partial charge in [0, 0.05) is 6.07 Å². The molecule has 5 heteroatoms. The smallest absolute Gasteiger partial charge is 0.266 e. The first-order chi connectivity index (χ1) is 5.65. The van der Waals surface area contributed by atoms with Crippen LogP contribution in [0.1, 0.15) is 12.0 Å². The van der Waals surface area contributed by atoms with Gasteiger partial charge in [0.05, 0.1) is 12.7 Å². The quantitative estimate of drug-likeness (QED) is 0.674. The van der Waals surface area contributed by atoms with E-state index in [0.29, 0.717) is 0 Å². The van der Waals surface area contributed by atoms with Crippen LogP contribution >= 0.6 is 11.6 Å². The van der Waals surface area contributed by atoms with Crippen molar-refractivity contribution in [2.24, 2.45) is 0 Å². The number of nitrogens with zero attached hydrogens (tertiary/aromatic N) is 1. The third kappa shape index (κ3) is 1.82. The number of pyridine rings is 1. The van der Waals surface area contributed by atoms with E-state index in [2.05, 4.69) is 9.72 Å². The zero-order chi connectivity index (χ0) is 9.14. The van der Waals surface area contributed by atoms with Crippen LogP contribution in [0.2, 0.25) is 5.15 Å². The Kier molecular flexibility index (Phi) is 2.81. The lowest BCUT2D eigenvalue weighted by atomic mass is 10.3. The number of halogens is 3. The van der Waals surface area contributed by atoms with E-state index in [9.17, 15) is 8.78 Å². The largest absolute Gasteiger partial charge is 0.481 e. The number of alkyl halides is 2. The van der Waals surface area contributed by atoms with Gasteiger partial charge in [-0.25, -0.2) is 13.8 Å². The molecule has 0 amide bonds. The summed E-state index contributed by atoms with van der Waals surface area (Å²) in [5, 5.41) is -0.218. The Morgan fingerprint density at radius 2 is 2.17 bits per heavy atom. The highest BCUT2D eigenvalue weighted by Gasteiger charge is 2.13. The first kappa shape index (κ1) is 9.19. The summed E-state index contributed by atoms with van der Waals surface area (Å²) in [5.74, 6) is 0.226. The van der Waals surface area contributed by atoms with Gasteiger partial charge in [0.25, 0.3) is 6.43 Å². The van der Waals surface area contributed by atoms with Gasteiger partial charge < -0.3 is 4.74 Å². The molecule has 0 atom stereocenters. The molecule has 0 fully saturated rings. The maximum Gasteiger partial charge on any atom is 0.266 e. The van der Waals surface area contributed by atoms with Gasteiger partial charge in [-0.3, -0.25) is 0 Å². The number of hydrogen-bond acceptors (Lipinski definition) is 2. The highest BCUT2D eigenvalue weighted by molar-refractivity contribution is 6.30. The van der Waals surface area contributed by atoms with Gasteiger partial charge in [0.15, 0.2) is 0 Å². The number of rotatable bonds is 2. The van der Waals surface area contributed by atoms with E-state index in [1.807, 2.05) is 0 Å². The molecular formula is C7H6ClF2NO. The summed E-state index contributed by atoms with van der Waals surface area (Å²) < 4.78 is 28.9. The Balaban J connectivity index is 3.03. The van der Waals surface area contributed by atoms with Crippen molar-refractivity contribution >= 4 is 11.6 Å². The van der Waals surface area contributed by atoms with Gasteiger partial charge in [-0.05, 0) is 6.07 Å². The van der Waals surface area contributed by atoms with E-state index in [-0.39, 0.29) is 16.6 Å². The maximum atomic E-state index is 12.1. The van der Waals surface area contributed by atoms with E-state index in [4.69, 9.17) is 11.6 Å². The minimum atomic E-state index is -2.60. The Morgan fingerprint density at radius 3 is 2.58 bits per heavy atom. The van der Waals surface area contributed by atoms with Crippen molar-refractivity contribution in [2.75, 3.05) is 7.11 Å². The lowest BCUT2D eigenvalue weighted by molar-refractivity contribution is 0.151. The molecule has 0 N–H and O–H groups in total. The van der Waals surface area contributed by atoms with Crippen molar-refractivity contribution in [3.05, 3.63) is 22.8 Å². The molecule has 0 bridgehead atoms. The van der Waals surface area contributed by atoms with Crippen molar-refractivity contribution in [1.29, 1.82) is 0 Å². The fourth-order valence-electron chi connectivity index (χ4n) is 0.705. The van der Waals surface area contributed by atoms with Crippen LogP contribution in [0.15, 0.2) is 12.1 Å². The predicted molar refractivity (Wildman–Crippen MR) is 40.8 cm³/mol. The lowest BCUT2D eigenvalue weighted by Gasteiger charge is -2.03. The van der Waals surface area contributed by atoms with Gasteiger partial charge in [-0.15, -0.1) is 0 Å². The van der Waals surface area contributed by atoms with Crippen LogP contribution < -0.4 is 4.74 Å². The second-order valence-electron chi connectivity index (χ2n) is 2.03. The Hall–Kier alpha value is -0.900. The van der Waals surface area contributed by atoms with Gasteiger partial charge in [-0.2, -0.15) is 0 Å². The average molecular weight is 194 g/mol. The van der Waals surface area contributed by atoms with Crippen LogP contribution in [0.5, 0.6) is 5.88 Å². The molecule has 0 saturated heterocycles. The first-order valence-corrected chi connectivity index (χ1v) is 3.51. The van der Waals surface area contributed by atoms with Crippen molar-refractivity contribution in [3.63, 3.8) is 0 Å². The second-order valence-corrected chi connectivity index (χ2v) is 2.39. The van der Waals surface area contributed by atoms with Crippen molar-refractivity contribution in [1.82, 2.24) is 4.98 Å². The fourth-order valence-corrected chi connectivity index (χ4v) is 0.934. The molecule has 1 aromatic heterocycles. The van der Waals surface area contributed by atoms with Crippen LogP contribution in [0.4, 0.5) is 8.78 Å². The summed E-state index contributed by atoms with van der Waals surface area (Å²) in [6, 6.07) is 2.53. The molecule has 66 valence electrons. The Labute approximate surface area is 73.1 Å². The molecule has 0 aromatic carbocycles. The monoisotopic (exact) mass is 193 g/mol. The van der Waals surface area contributed by atoms with Gasteiger partial charge in [0.2, 0.25) is 5.88 Å². The van der Waals surface area contributed by atoms with Crippen LogP contribution in [0.25, 0.3) is 0 Å². The summed E-state index contributed by atoms with van der Waals surface area (Å²) >= 11 is 5.43. The van der Waals surface area contributed by atoms with E-state index in [0.717, 1.165) is 0 Å². The zero-order valence-electron chi connectivity index (χ0n) is 6.22. The standard InChI is InChI=1S/C7H6ClF2NO/c1-12-5-3-2-4(7(9)10)6(8)11-5/h2-3,7H,1H3. The molecule has 1 rings (SSSR count). The lowest BCUT2D eigenvalue weighted by Crippen LogP contribution is -1.92. The number of ether oxygens (including phenoxy) is 1. The van der Waals surface area contributed by atoms with Crippen LogP contribution in [0.3, 0.4) is 0 Å². The van der Waals surface area contributed by atoms with Crippen LogP contribution in [-0.2, 0) is 0 Å². The average Bonchev–Trinajstić information content (AvgIpc) is 2.03. The van der Waals surface area contributed by atoms with E-state index < -0.39 is 6.43 Å². The molecular weight excluding hydrogens is 188 g/mol. The summed E-state index contributed by atoms with van der Waals surface area (Å²) in [6.07, 6.45) is -2.60. The molecule has 12 heavy (non-hydrogen) atoms. The molecule has 1 heterocycles. The highest BCUT2D eigenvalue weighted by atomic mass is 35.5. The molecule has 0 spiro atoms. The van der Waals surface area contributed by atoms with Gasteiger partial charge in [-0.1, -0.05) is 11.6 Å². The molecule has 0 aliphatic heterocycles. The predicted octanol–water partition coefficient (Wildman–Crippen LogP) is 2.68. The molecule has 0 aliphatic carbocycles. The normalized spacial score (nSPS) is 10.4. The maximum absolute atomic E-state index is 12.1. The minimum absolute atomic E-state index is 0.218. The van der Waals surface area contributed by atoms with Crippen molar-refractivity contribution in [2.45, 2.75) is 6.43 Å². The Morgan fingerprint density at radius 1 is 1.50 bits per heavy atom. The van der Waals surface area contributed by atoms with E-state index >= 15 is 0 Å². The molecule has 1 aromatic rings. The zero-order valence-corrected chi connectivity index (χ0v) is 6.98. The Bertz CT molecular complexity index is 280. The molecule has 2 nitrogen and oxygen atoms in total. The summed E-state index contributed by atoms with van der Waals surface area (Å²) in [6.45, 7) is 0. The van der Waals surface area contributed by atoms with Crippen LogP contribution in [0, 0.1) is 0 Å². The minimum Gasteiger partial charge on any atom is -0.481 e. The number of hydrogen-bond donors (Lipinski definition) is 0. The molecule has 0 radical (unpaired) electrons. The summed E-state index contributed by atoms with van der Waals surface area (Å²) in [4.78, 5) is 3.58. The van der Waals surface area contributed by atoms with E-state index in [1.54, 1.807) is 0 Å².